The Morgan fingerprint density at radius 2 is 2.15 bits per heavy atom. The molecule has 1 amide bonds. The maximum atomic E-state index is 12.8. The highest BCUT2D eigenvalue weighted by Crippen LogP contribution is 2.29. The van der Waals surface area contributed by atoms with Crippen LogP contribution in [0.15, 0.2) is 18.2 Å². The van der Waals surface area contributed by atoms with E-state index < -0.39 is 0 Å². The molecule has 1 aliphatic heterocycles. The summed E-state index contributed by atoms with van der Waals surface area (Å²) in [4.78, 5) is 18.8. The van der Waals surface area contributed by atoms with E-state index in [2.05, 4.69) is 41.2 Å². The van der Waals surface area contributed by atoms with Gasteiger partial charge in [0.05, 0.1) is 0 Å². The Balaban J connectivity index is 1.44. The highest BCUT2D eigenvalue weighted by atomic mass is 16.1. The number of benzene rings is 1. The number of fused-ring (bicyclic) bond motifs is 3. The lowest BCUT2D eigenvalue weighted by Crippen LogP contribution is -2.45. The third kappa shape index (κ3) is 3.66. The number of hydrogen-bond donors (Lipinski definition) is 2. The molecular formula is C22H31N3O. The van der Waals surface area contributed by atoms with Gasteiger partial charge in [0.15, 0.2) is 0 Å². The summed E-state index contributed by atoms with van der Waals surface area (Å²) in [6, 6.07) is 6.28. The number of rotatable bonds is 4. The highest BCUT2D eigenvalue weighted by Gasteiger charge is 2.20. The molecule has 2 unspecified atom stereocenters. The van der Waals surface area contributed by atoms with E-state index >= 15 is 0 Å². The van der Waals surface area contributed by atoms with Gasteiger partial charge in [-0.3, -0.25) is 4.79 Å². The Morgan fingerprint density at radius 3 is 3.00 bits per heavy atom. The molecule has 4 nitrogen and oxygen atoms in total. The van der Waals surface area contributed by atoms with Gasteiger partial charge in [-0.1, -0.05) is 6.92 Å². The minimum absolute atomic E-state index is 0.0511. The van der Waals surface area contributed by atoms with Gasteiger partial charge in [0.1, 0.15) is 0 Å². The number of piperidine rings is 1. The first-order valence-electron chi connectivity index (χ1n) is 10.3. The molecular weight excluding hydrogens is 322 g/mol. The fourth-order valence-corrected chi connectivity index (χ4v) is 4.74. The highest BCUT2D eigenvalue weighted by molar-refractivity contribution is 5.99. The molecule has 1 fully saturated rings. The van der Waals surface area contributed by atoms with Crippen molar-refractivity contribution in [2.45, 2.75) is 58.4 Å². The number of aromatic amines is 1. The molecule has 2 aromatic rings. The number of amides is 1. The van der Waals surface area contributed by atoms with Crippen LogP contribution in [0.3, 0.4) is 0 Å². The summed E-state index contributed by atoms with van der Waals surface area (Å²) in [5.41, 5.74) is 4.75. The minimum Gasteiger partial charge on any atom is -0.358 e. The van der Waals surface area contributed by atoms with Gasteiger partial charge in [-0.25, -0.2) is 0 Å². The maximum Gasteiger partial charge on any atom is 0.251 e. The van der Waals surface area contributed by atoms with Gasteiger partial charge < -0.3 is 15.2 Å². The van der Waals surface area contributed by atoms with Gasteiger partial charge in [0.2, 0.25) is 0 Å². The molecule has 2 heterocycles. The molecule has 1 aliphatic carbocycles. The van der Waals surface area contributed by atoms with Crippen LogP contribution in [-0.4, -0.2) is 41.5 Å². The number of carbonyl (C=O) groups is 1. The van der Waals surface area contributed by atoms with Crippen LogP contribution in [0.2, 0.25) is 0 Å². The number of aromatic nitrogens is 1. The summed E-state index contributed by atoms with van der Waals surface area (Å²) in [5, 5.41) is 4.45. The van der Waals surface area contributed by atoms with Gasteiger partial charge in [-0.15, -0.1) is 0 Å². The normalized spacial score (nSPS) is 22.2. The predicted molar refractivity (Wildman–Crippen MR) is 107 cm³/mol. The summed E-state index contributed by atoms with van der Waals surface area (Å²) in [7, 11) is 0. The van der Waals surface area contributed by atoms with Crippen LogP contribution in [0.1, 0.15) is 61.1 Å². The van der Waals surface area contributed by atoms with Gasteiger partial charge in [0, 0.05) is 41.3 Å². The molecule has 0 spiro atoms. The Kier molecular flexibility index (Phi) is 5.03. The maximum absolute atomic E-state index is 12.8. The molecule has 0 saturated carbocycles. The van der Waals surface area contributed by atoms with E-state index in [0.717, 1.165) is 44.0 Å². The molecule has 4 rings (SSSR count). The van der Waals surface area contributed by atoms with Crippen LogP contribution in [-0.2, 0) is 12.8 Å². The number of carbonyl (C=O) groups excluding carboxylic acids is 1. The quantitative estimate of drug-likeness (QED) is 0.876. The number of aryl methyl sites for hydroxylation is 2. The van der Waals surface area contributed by atoms with Crippen molar-refractivity contribution >= 4 is 16.8 Å². The second-order valence-corrected chi connectivity index (χ2v) is 8.43. The number of nitrogens with one attached hydrogen (secondary N) is 2. The number of likely N-dealkylation sites (tertiary alicyclic amines) is 1. The molecule has 26 heavy (non-hydrogen) atoms. The summed E-state index contributed by atoms with van der Waals surface area (Å²) in [6.07, 6.45) is 7.39. The zero-order valence-electron chi connectivity index (χ0n) is 16.1. The van der Waals surface area contributed by atoms with Crippen molar-refractivity contribution in [3.05, 3.63) is 35.0 Å². The van der Waals surface area contributed by atoms with E-state index in [9.17, 15) is 4.79 Å². The Hall–Kier alpha value is -1.81. The van der Waals surface area contributed by atoms with E-state index in [0.29, 0.717) is 0 Å². The van der Waals surface area contributed by atoms with Crippen molar-refractivity contribution < 1.29 is 4.79 Å². The number of H-pyrrole nitrogens is 1. The first-order valence-corrected chi connectivity index (χ1v) is 10.3. The van der Waals surface area contributed by atoms with Crippen LogP contribution >= 0.6 is 0 Å². The molecule has 0 bridgehead atoms. The van der Waals surface area contributed by atoms with Crippen molar-refractivity contribution in [2.75, 3.05) is 19.6 Å². The second-order valence-electron chi connectivity index (χ2n) is 8.43. The molecule has 2 atom stereocenters. The summed E-state index contributed by atoms with van der Waals surface area (Å²) in [6.45, 7) is 7.70. The summed E-state index contributed by atoms with van der Waals surface area (Å²) < 4.78 is 0. The molecule has 1 saturated heterocycles. The molecule has 2 aliphatic rings. The van der Waals surface area contributed by atoms with Crippen molar-refractivity contribution in [3.8, 4) is 0 Å². The molecule has 4 heteroatoms. The zero-order chi connectivity index (χ0) is 18.1. The zero-order valence-corrected chi connectivity index (χ0v) is 16.1. The van der Waals surface area contributed by atoms with Gasteiger partial charge >= 0.3 is 0 Å². The Morgan fingerprint density at radius 1 is 1.31 bits per heavy atom. The average molecular weight is 354 g/mol. The van der Waals surface area contributed by atoms with Crippen molar-refractivity contribution in [2.24, 2.45) is 5.92 Å². The minimum atomic E-state index is 0.0511. The summed E-state index contributed by atoms with van der Waals surface area (Å²) in [5.74, 6) is 0.823. The smallest absolute Gasteiger partial charge is 0.251 e. The van der Waals surface area contributed by atoms with E-state index in [1.165, 1.54) is 47.8 Å². The first kappa shape index (κ1) is 17.6. The van der Waals surface area contributed by atoms with Crippen LogP contribution in [0.25, 0.3) is 10.9 Å². The van der Waals surface area contributed by atoms with Crippen LogP contribution in [0.5, 0.6) is 0 Å². The van der Waals surface area contributed by atoms with Gasteiger partial charge in [-0.05, 0) is 81.7 Å². The Labute approximate surface area is 156 Å². The predicted octanol–water partition coefficient (Wildman–Crippen LogP) is 3.90. The molecule has 1 aromatic heterocycles. The van der Waals surface area contributed by atoms with E-state index in [1.807, 2.05) is 6.07 Å². The topological polar surface area (TPSA) is 48.1 Å². The van der Waals surface area contributed by atoms with Crippen molar-refractivity contribution in [1.82, 2.24) is 15.2 Å². The number of nitrogens with zero attached hydrogens (tertiary/aromatic N) is 1. The standard InChI is InChI=1S/C22H31N3O/c1-15-6-5-11-25(13-15)14-16(2)23-22(26)17-9-10-21-19(12-17)18-7-3-4-8-20(18)24-21/h9-10,12,15-16,24H,3-8,11,13-14H2,1-2H3,(H,23,26). The SMILES string of the molecule is CC1CCCN(CC(C)NC(=O)c2ccc3[nH]c4c(c3c2)CCCC4)C1. The largest absolute Gasteiger partial charge is 0.358 e. The lowest BCUT2D eigenvalue weighted by molar-refractivity contribution is 0.0920. The molecule has 1 aromatic carbocycles. The van der Waals surface area contributed by atoms with Crippen LogP contribution in [0, 0.1) is 5.92 Å². The molecule has 2 N–H and O–H groups in total. The van der Waals surface area contributed by atoms with Gasteiger partial charge in [-0.2, -0.15) is 0 Å². The third-order valence-corrected chi connectivity index (χ3v) is 6.01. The first-order chi connectivity index (χ1) is 12.6. The fourth-order valence-electron chi connectivity index (χ4n) is 4.74. The van der Waals surface area contributed by atoms with Crippen molar-refractivity contribution in [3.63, 3.8) is 0 Å². The lowest BCUT2D eigenvalue weighted by Gasteiger charge is -2.32. The van der Waals surface area contributed by atoms with E-state index in [1.54, 1.807) is 0 Å². The monoisotopic (exact) mass is 353 g/mol. The fraction of sp³-hybridized carbons (Fsp3) is 0.591. The Bertz CT molecular complexity index is 794. The lowest BCUT2D eigenvalue weighted by atomic mass is 9.95. The van der Waals surface area contributed by atoms with Crippen LogP contribution in [0.4, 0.5) is 0 Å². The third-order valence-electron chi connectivity index (χ3n) is 6.01. The number of hydrogen-bond acceptors (Lipinski definition) is 2. The van der Waals surface area contributed by atoms with E-state index in [4.69, 9.17) is 0 Å². The van der Waals surface area contributed by atoms with Crippen molar-refractivity contribution in [1.29, 1.82) is 0 Å². The second kappa shape index (κ2) is 7.43. The molecule has 0 radical (unpaired) electrons. The summed E-state index contributed by atoms with van der Waals surface area (Å²) >= 11 is 0. The average Bonchev–Trinajstić information content (AvgIpc) is 2.99. The van der Waals surface area contributed by atoms with Gasteiger partial charge in [0.25, 0.3) is 5.91 Å². The van der Waals surface area contributed by atoms with E-state index in [-0.39, 0.29) is 11.9 Å². The molecule has 140 valence electrons. The van der Waals surface area contributed by atoms with Crippen LogP contribution < -0.4 is 5.32 Å².